The Balaban J connectivity index is 2.59. The average molecular weight is 407 g/mol. The van der Waals surface area contributed by atoms with Gasteiger partial charge in [0.1, 0.15) is 16.9 Å². The molecule has 7 nitrogen and oxygen atoms in total. The highest BCUT2D eigenvalue weighted by Crippen LogP contribution is 2.38. The predicted molar refractivity (Wildman–Crippen MR) is 107 cm³/mol. The van der Waals surface area contributed by atoms with Crippen LogP contribution in [0.2, 0.25) is 0 Å². The third-order valence-electron chi connectivity index (χ3n) is 4.39. The molecule has 0 saturated carbocycles. The molecule has 1 aromatic rings. The second-order valence-corrected chi connectivity index (χ2v) is 7.72. The van der Waals surface area contributed by atoms with Gasteiger partial charge in [0.2, 0.25) is 0 Å². The van der Waals surface area contributed by atoms with Crippen molar-refractivity contribution in [3.8, 4) is 11.5 Å². The fourth-order valence-corrected chi connectivity index (χ4v) is 4.14. The molecule has 1 heterocycles. The molecule has 1 amide bonds. The zero-order valence-electron chi connectivity index (χ0n) is 16.6. The van der Waals surface area contributed by atoms with E-state index < -0.39 is 29.5 Å². The third-order valence-corrected chi connectivity index (χ3v) is 5.32. The lowest BCUT2D eigenvalue weighted by Crippen LogP contribution is -2.37. The van der Waals surface area contributed by atoms with Crippen LogP contribution in [-0.2, 0) is 9.59 Å². The molecule has 0 radical (unpaired) electrons. The number of aliphatic carboxylic acids is 1. The van der Waals surface area contributed by atoms with E-state index in [-0.39, 0.29) is 22.6 Å². The summed E-state index contributed by atoms with van der Waals surface area (Å²) in [5, 5.41) is 8.76. The van der Waals surface area contributed by atoms with Gasteiger partial charge in [0.05, 0.1) is 26.2 Å². The summed E-state index contributed by atoms with van der Waals surface area (Å²) in [6.45, 7) is 4.37. The van der Waals surface area contributed by atoms with Crippen molar-refractivity contribution < 1.29 is 29.0 Å². The number of benzene rings is 1. The number of ketones is 1. The molecule has 0 spiro atoms. The molecule has 1 aliphatic heterocycles. The van der Waals surface area contributed by atoms with Crippen LogP contribution in [0.25, 0.3) is 0 Å². The minimum atomic E-state index is -1.15. The number of carbonyl (C=O) groups is 3. The molecule has 2 rings (SSSR count). The fraction of sp³-hybridized carbons (Fsp3) is 0.450. The molecule has 0 bridgehead atoms. The van der Waals surface area contributed by atoms with Gasteiger partial charge >= 0.3 is 5.97 Å². The number of carbonyl (C=O) groups excluding carboxylic acids is 2. The van der Waals surface area contributed by atoms with Crippen molar-refractivity contribution in [2.24, 2.45) is 5.92 Å². The summed E-state index contributed by atoms with van der Waals surface area (Å²) < 4.78 is 10.5. The first-order chi connectivity index (χ1) is 13.2. The van der Waals surface area contributed by atoms with Gasteiger partial charge in [0.25, 0.3) is 5.91 Å². The molecule has 0 saturated heterocycles. The number of carboxylic acid groups (broad SMARTS) is 1. The number of amides is 1. The predicted octanol–water partition coefficient (Wildman–Crippen LogP) is 2.85. The Morgan fingerprint density at radius 1 is 1.25 bits per heavy atom. The molecule has 1 N–H and O–H groups in total. The lowest BCUT2D eigenvalue weighted by Gasteiger charge is -2.27. The van der Waals surface area contributed by atoms with Gasteiger partial charge in [-0.2, -0.15) is 0 Å². The number of hydrogen-bond acceptors (Lipinski definition) is 6. The van der Waals surface area contributed by atoms with Crippen LogP contribution in [0.1, 0.15) is 30.6 Å². The summed E-state index contributed by atoms with van der Waals surface area (Å²) in [6, 6.07) is 4.78. The van der Waals surface area contributed by atoms with Gasteiger partial charge in [-0.3, -0.25) is 14.4 Å². The fourth-order valence-electron chi connectivity index (χ4n) is 3.22. The molecule has 0 fully saturated rings. The molecule has 1 aromatic carbocycles. The van der Waals surface area contributed by atoms with Crippen LogP contribution in [0.15, 0.2) is 29.3 Å². The largest absolute Gasteiger partial charge is 0.497 e. The monoisotopic (exact) mass is 407 g/mol. The number of rotatable bonds is 9. The second kappa shape index (κ2) is 9.14. The molecule has 0 aliphatic carbocycles. The number of Topliss-reactive ketones (excluding diaryl/α,β-unsaturated/α-hetero) is 1. The van der Waals surface area contributed by atoms with Crippen LogP contribution in [0.3, 0.4) is 0 Å². The van der Waals surface area contributed by atoms with Crippen molar-refractivity contribution in [3.63, 3.8) is 0 Å². The van der Waals surface area contributed by atoms with Crippen molar-refractivity contribution in [1.82, 2.24) is 4.90 Å². The zero-order valence-corrected chi connectivity index (χ0v) is 17.5. The number of methoxy groups -OCH3 is 2. The third kappa shape index (κ3) is 4.32. The van der Waals surface area contributed by atoms with Crippen molar-refractivity contribution >= 4 is 29.4 Å². The first-order valence-corrected chi connectivity index (χ1v) is 10.1. The van der Waals surface area contributed by atoms with E-state index in [0.717, 1.165) is 0 Å². The smallest absolute Gasteiger partial charge is 0.308 e. The zero-order chi connectivity index (χ0) is 21.0. The summed E-state index contributed by atoms with van der Waals surface area (Å²) in [6.07, 6.45) is 1.30. The van der Waals surface area contributed by atoms with Gasteiger partial charge < -0.3 is 19.5 Å². The van der Waals surface area contributed by atoms with Gasteiger partial charge in [-0.25, -0.2) is 0 Å². The van der Waals surface area contributed by atoms with Crippen LogP contribution in [-0.4, -0.2) is 60.1 Å². The summed E-state index contributed by atoms with van der Waals surface area (Å²) in [4.78, 5) is 39.3. The summed E-state index contributed by atoms with van der Waals surface area (Å²) in [7, 11) is 2.95. The Kier molecular flexibility index (Phi) is 7.12. The Morgan fingerprint density at radius 2 is 1.93 bits per heavy atom. The summed E-state index contributed by atoms with van der Waals surface area (Å²) in [5.41, 5.74) is 0.513. The SMILES string of the molecule is COc1ccc(C(=O)C2=C(CC(=O)O)C(=O)N(CC(C)C)C2SC)c(OC)c1. The number of hydrogen-bond donors (Lipinski definition) is 1. The van der Waals surface area contributed by atoms with E-state index in [1.165, 1.54) is 26.0 Å². The molecule has 1 unspecified atom stereocenters. The second-order valence-electron chi connectivity index (χ2n) is 6.80. The van der Waals surface area contributed by atoms with Crippen molar-refractivity contribution in [2.75, 3.05) is 27.0 Å². The summed E-state index contributed by atoms with van der Waals surface area (Å²) >= 11 is 1.34. The van der Waals surface area contributed by atoms with Gasteiger partial charge in [0, 0.05) is 23.8 Å². The lowest BCUT2D eigenvalue weighted by atomic mass is 9.97. The van der Waals surface area contributed by atoms with Crippen LogP contribution >= 0.6 is 11.8 Å². The van der Waals surface area contributed by atoms with Crippen molar-refractivity contribution in [3.05, 3.63) is 34.9 Å². The van der Waals surface area contributed by atoms with Gasteiger partial charge in [0.15, 0.2) is 5.78 Å². The first-order valence-electron chi connectivity index (χ1n) is 8.80. The van der Waals surface area contributed by atoms with E-state index in [1.54, 1.807) is 29.4 Å². The Bertz CT molecular complexity index is 817. The van der Waals surface area contributed by atoms with Gasteiger partial charge in [-0.05, 0) is 24.3 Å². The van der Waals surface area contributed by atoms with Gasteiger partial charge in [-0.1, -0.05) is 13.8 Å². The van der Waals surface area contributed by atoms with E-state index in [1.807, 2.05) is 13.8 Å². The molecule has 0 aromatic heterocycles. The van der Waals surface area contributed by atoms with Gasteiger partial charge in [-0.15, -0.1) is 11.8 Å². The van der Waals surface area contributed by atoms with Crippen LogP contribution in [0, 0.1) is 5.92 Å². The van der Waals surface area contributed by atoms with Crippen LogP contribution < -0.4 is 9.47 Å². The molecular weight excluding hydrogens is 382 g/mol. The molecule has 1 aliphatic rings. The van der Waals surface area contributed by atoms with E-state index in [0.29, 0.717) is 18.0 Å². The highest BCUT2D eigenvalue weighted by atomic mass is 32.2. The van der Waals surface area contributed by atoms with E-state index in [4.69, 9.17) is 9.47 Å². The van der Waals surface area contributed by atoms with E-state index >= 15 is 0 Å². The molecule has 152 valence electrons. The van der Waals surface area contributed by atoms with E-state index in [9.17, 15) is 19.5 Å². The van der Waals surface area contributed by atoms with Crippen LogP contribution in [0.5, 0.6) is 11.5 Å². The average Bonchev–Trinajstić information content (AvgIpc) is 2.91. The summed E-state index contributed by atoms with van der Waals surface area (Å²) in [5.74, 6) is -0.947. The minimum Gasteiger partial charge on any atom is -0.497 e. The minimum absolute atomic E-state index is 0.0374. The number of carboxylic acids is 1. The Morgan fingerprint density at radius 3 is 2.43 bits per heavy atom. The number of ether oxygens (including phenoxy) is 2. The Hall–Kier alpha value is -2.48. The molecule has 28 heavy (non-hydrogen) atoms. The highest BCUT2D eigenvalue weighted by molar-refractivity contribution is 7.99. The maximum atomic E-state index is 13.4. The quantitative estimate of drug-likeness (QED) is 0.629. The maximum Gasteiger partial charge on any atom is 0.308 e. The maximum absolute atomic E-state index is 13.4. The van der Waals surface area contributed by atoms with Crippen molar-refractivity contribution in [1.29, 1.82) is 0 Å². The molecule has 8 heteroatoms. The standard InChI is InChI=1S/C20H25NO6S/c1-11(2)10-21-19(25)14(9-16(22)23)17(20(21)28-5)18(24)13-7-6-12(26-3)8-15(13)27-4/h6-8,11,20H,9-10H2,1-5H3,(H,22,23). The Labute approximate surface area is 168 Å². The molecular formula is C20H25NO6S. The lowest BCUT2D eigenvalue weighted by molar-refractivity contribution is -0.137. The molecule has 1 atom stereocenters. The normalized spacial score (nSPS) is 16.7. The first kappa shape index (κ1) is 21.8. The highest BCUT2D eigenvalue weighted by Gasteiger charge is 2.43. The number of nitrogens with zero attached hydrogens (tertiary/aromatic N) is 1. The van der Waals surface area contributed by atoms with E-state index in [2.05, 4.69) is 0 Å². The number of thioether (sulfide) groups is 1. The topological polar surface area (TPSA) is 93.1 Å². The van der Waals surface area contributed by atoms with Crippen LogP contribution in [0.4, 0.5) is 0 Å². The van der Waals surface area contributed by atoms with Crippen molar-refractivity contribution in [2.45, 2.75) is 25.6 Å².